The molecule has 1 amide bonds. The summed E-state index contributed by atoms with van der Waals surface area (Å²) in [6.07, 6.45) is -8.62. The van der Waals surface area contributed by atoms with Crippen LogP contribution in [0.1, 0.15) is 29.5 Å². The average molecular weight is 935 g/mol. The van der Waals surface area contributed by atoms with Crippen molar-refractivity contribution in [3.63, 3.8) is 0 Å². The van der Waals surface area contributed by atoms with Gasteiger partial charge in [-0.3, -0.25) is 30.3 Å². The zero-order valence-corrected chi connectivity index (χ0v) is 34.6. The molecule has 0 saturated carbocycles. The molecule has 0 spiro atoms. The van der Waals surface area contributed by atoms with Crippen molar-refractivity contribution in [2.24, 2.45) is 0 Å². The molecule has 2 unspecified atom stereocenters. The van der Waals surface area contributed by atoms with Crippen molar-refractivity contribution in [1.82, 2.24) is 29.8 Å². The normalized spacial score (nSPS) is 19.0. The third-order valence-electron chi connectivity index (χ3n) is 10.2. The Bertz CT molecular complexity index is 2430. The van der Waals surface area contributed by atoms with Crippen LogP contribution in [0.4, 0.5) is 30.7 Å². The van der Waals surface area contributed by atoms with Gasteiger partial charge in [0.15, 0.2) is 6.29 Å². The number of hydrogen-bond donors (Lipinski definition) is 3. The molecule has 3 aliphatic heterocycles. The Balaban J connectivity index is 1.23. The van der Waals surface area contributed by atoms with Crippen LogP contribution in [0.15, 0.2) is 106 Å². The number of carbonyl (C=O) groups is 2. The van der Waals surface area contributed by atoms with Gasteiger partial charge in [-0.25, -0.2) is 26.1 Å². The molecule has 0 aromatic heterocycles. The van der Waals surface area contributed by atoms with E-state index in [1.807, 2.05) is 0 Å². The van der Waals surface area contributed by atoms with Gasteiger partial charge in [0.25, 0.3) is 5.91 Å². The van der Waals surface area contributed by atoms with E-state index in [1.165, 1.54) is 41.3 Å². The van der Waals surface area contributed by atoms with Gasteiger partial charge in [0.2, 0.25) is 31.9 Å². The number of morpholine rings is 1. The number of carbonyl (C=O) groups excluding carboxylic acids is 2. The van der Waals surface area contributed by atoms with Crippen molar-refractivity contribution in [1.29, 1.82) is 0 Å². The van der Waals surface area contributed by atoms with Crippen LogP contribution in [0.5, 0.6) is 0 Å². The van der Waals surface area contributed by atoms with E-state index in [0.717, 1.165) is 45.0 Å². The summed E-state index contributed by atoms with van der Waals surface area (Å²) < 4.78 is 155. The molecule has 2 atom stereocenters. The summed E-state index contributed by atoms with van der Waals surface area (Å²) in [6.45, 7) is -1.14. The molecule has 3 heterocycles. The van der Waals surface area contributed by atoms with Crippen LogP contribution in [0.3, 0.4) is 0 Å². The number of amides is 1. The number of halogens is 7. The fourth-order valence-corrected chi connectivity index (χ4v) is 9.63. The fourth-order valence-electron chi connectivity index (χ4n) is 6.78. The highest BCUT2D eigenvalue weighted by molar-refractivity contribution is 7.89. The van der Waals surface area contributed by atoms with Crippen molar-refractivity contribution in [2.75, 3.05) is 52.5 Å². The summed E-state index contributed by atoms with van der Waals surface area (Å²) in [7, 11) is -8.78. The Morgan fingerprint density at radius 3 is 1.75 bits per heavy atom. The molecule has 1 saturated heterocycles. The topological polar surface area (TPSA) is 176 Å². The monoisotopic (exact) mass is 934 g/mol. The predicted molar refractivity (Wildman–Crippen MR) is 207 cm³/mol. The highest BCUT2D eigenvalue weighted by atomic mass is 32.2. The third-order valence-corrected chi connectivity index (χ3v) is 14.0. The molecule has 3 aromatic carbocycles. The molecule has 3 aliphatic rings. The maximum Gasteiger partial charge on any atom is 0.416 e. The predicted octanol–water partition coefficient (Wildman–Crippen LogP) is 4.07. The van der Waals surface area contributed by atoms with Crippen LogP contribution in [-0.4, -0.2) is 107 Å². The highest BCUT2D eigenvalue weighted by Crippen LogP contribution is 2.33. The summed E-state index contributed by atoms with van der Waals surface area (Å²) in [6, 6.07) is 11.9. The standard InChI is InChI=1S/C39H41F7N6O9S2/c40-30-7-1-4-27(22-30)25-47-36(54)35(60-48-31-10-14-51(15-11-31)62(55,56)33-8-2-5-28(23-33)38(41,42)43)37(26-53,50-18-20-59-21-19-50)61-49-32-12-16-52(17-13-32)63(57,58)34-9-3-6-29(24-34)39(44,45)46/h1-10,12,22-24,26,35,48-49H,11,13-21,25H2,(H,47,54). The van der Waals surface area contributed by atoms with Crippen LogP contribution in [0, 0.1) is 5.82 Å². The lowest BCUT2D eigenvalue weighted by Gasteiger charge is -2.44. The Hall–Kier alpha value is -4.95. The van der Waals surface area contributed by atoms with Crippen LogP contribution < -0.4 is 16.3 Å². The number of nitrogens with one attached hydrogen (secondary N) is 3. The van der Waals surface area contributed by atoms with E-state index in [2.05, 4.69) is 16.3 Å². The molecular weight excluding hydrogens is 894 g/mol. The molecule has 63 heavy (non-hydrogen) atoms. The third kappa shape index (κ3) is 11.2. The van der Waals surface area contributed by atoms with Gasteiger partial charge in [-0.2, -0.15) is 35.0 Å². The molecular formula is C39H41F7N6O9S2. The first-order chi connectivity index (χ1) is 29.7. The smallest absolute Gasteiger partial charge is 0.379 e. The number of rotatable bonds is 16. The molecule has 3 N–H and O–H groups in total. The van der Waals surface area contributed by atoms with E-state index in [-0.39, 0.29) is 83.3 Å². The SMILES string of the molecule is O=CC(ONC1=CCN(S(=O)(=O)c2cccc(C(F)(F)F)c2)CC1)(C(ONC1=CCN(S(=O)(=O)c2cccc(C(F)(F)F)c2)CC1)C(=O)NCc1cccc(F)c1)N1CCOCC1. The van der Waals surface area contributed by atoms with Crippen molar-refractivity contribution < 1.29 is 71.6 Å². The van der Waals surface area contributed by atoms with E-state index in [1.54, 1.807) is 0 Å². The van der Waals surface area contributed by atoms with Crippen LogP contribution in [-0.2, 0) is 62.9 Å². The number of benzene rings is 3. The first-order valence-electron chi connectivity index (χ1n) is 19.1. The van der Waals surface area contributed by atoms with E-state index in [9.17, 15) is 57.2 Å². The maximum absolute atomic E-state index is 14.1. The molecule has 0 aliphatic carbocycles. The summed E-state index contributed by atoms with van der Waals surface area (Å²) in [4.78, 5) is 39.9. The zero-order chi connectivity index (χ0) is 45.6. The second-order valence-corrected chi connectivity index (χ2v) is 18.2. The molecule has 0 bridgehead atoms. The molecule has 1 fully saturated rings. The number of ether oxygens (including phenoxy) is 1. The van der Waals surface area contributed by atoms with E-state index in [4.69, 9.17) is 14.4 Å². The van der Waals surface area contributed by atoms with Crippen LogP contribution in [0.2, 0.25) is 0 Å². The average Bonchev–Trinajstić information content (AvgIpc) is 3.27. The summed E-state index contributed by atoms with van der Waals surface area (Å²) in [5, 5.41) is 2.60. The lowest BCUT2D eigenvalue weighted by Crippen LogP contribution is -2.68. The molecule has 6 rings (SSSR count). The summed E-state index contributed by atoms with van der Waals surface area (Å²) in [5.74, 6) is -1.54. The highest BCUT2D eigenvalue weighted by Gasteiger charge is 2.53. The van der Waals surface area contributed by atoms with Crippen molar-refractivity contribution in [2.45, 2.75) is 53.4 Å². The molecule has 24 heteroatoms. The van der Waals surface area contributed by atoms with Crippen molar-refractivity contribution >= 4 is 32.2 Å². The zero-order valence-electron chi connectivity index (χ0n) is 33.0. The molecule has 3 aromatic rings. The summed E-state index contributed by atoms with van der Waals surface area (Å²) in [5.41, 5.74) is 1.41. The minimum absolute atomic E-state index is 0.0184. The molecule has 15 nitrogen and oxygen atoms in total. The first-order valence-corrected chi connectivity index (χ1v) is 22.0. The Labute approximate surface area is 357 Å². The Kier molecular flexibility index (Phi) is 14.7. The number of alkyl halides is 6. The number of sulfonamides is 2. The lowest BCUT2D eigenvalue weighted by molar-refractivity contribution is -0.247. The van der Waals surface area contributed by atoms with Crippen LogP contribution >= 0.6 is 0 Å². The van der Waals surface area contributed by atoms with Gasteiger partial charge in [0.05, 0.1) is 34.1 Å². The van der Waals surface area contributed by atoms with Crippen LogP contribution in [0.25, 0.3) is 0 Å². The second-order valence-electron chi connectivity index (χ2n) is 14.4. The quantitative estimate of drug-likeness (QED) is 0.107. The van der Waals surface area contributed by atoms with Gasteiger partial charge in [-0.15, -0.1) is 0 Å². The number of hydrogen-bond acceptors (Lipinski definition) is 12. The van der Waals surface area contributed by atoms with E-state index < -0.39 is 76.9 Å². The van der Waals surface area contributed by atoms with Gasteiger partial charge in [-0.05, 0) is 66.2 Å². The van der Waals surface area contributed by atoms with Gasteiger partial charge in [0, 0.05) is 70.0 Å². The first kappa shape index (κ1) is 47.5. The molecule has 0 radical (unpaired) electrons. The van der Waals surface area contributed by atoms with E-state index >= 15 is 0 Å². The second kappa shape index (κ2) is 19.4. The fraction of sp³-hybridized carbons (Fsp3) is 0.385. The maximum atomic E-state index is 14.1. The number of nitrogens with zero attached hydrogens (tertiary/aromatic N) is 3. The molecule has 342 valence electrons. The minimum atomic E-state index is -4.78. The van der Waals surface area contributed by atoms with Gasteiger partial charge < -0.3 is 10.1 Å². The van der Waals surface area contributed by atoms with Crippen molar-refractivity contribution in [3.05, 3.63) is 119 Å². The Morgan fingerprint density at radius 1 is 0.746 bits per heavy atom. The van der Waals surface area contributed by atoms with Gasteiger partial charge in [-0.1, -0.05) is 24.3 Å². The van der Waals surface area contributed by atoms with Gasteiger partial charge in [0.1, 0.15) is 5.82 Å². The lowest BCUT2D eigenvalue weighted by atomic mass is 10.0. The number of hydroxylamine groups is 2. The van der Waals surface area contributed by atoms with Crippen molar-refractivity contribution in [3.8, 4) is 0 Å². The van der Waals surface area contributed by atoms with E-state index in [0.29, 0.717) is 24.0 Å². The largest absolute Gasteiger partial charge is 0.416 e. The Morgan fingerprint density at radius 2 is 1.27 bits per heavy atom. The minimum Gasteiger partial charge on any atom is -0.379 e. The summed E-state index contributed by atoms with van der Waals surface area (Å²) >= 11 is 0. The number of aldehydes is 1. The van der Waals surface area contributed by atoms with Gasteiger partial charge >= 0.3 is 12.4 Å².